The molecule has 1 heterocycles. The van der Waals surface area contributed by atoms with Crippen molar-refractivity contribution in [3.63, 3.8) is 0 Å². The predicted octanol–water partition coefficient (Wildman–Crippen LogP) is 1.31. The number of nitrogens with zero attached hydrogens (tertiary/aromatic N) is 2. The summed E-state index contributed by atoms with van der Waals surface area (Å²) in [4.78, 5) is 46.1. The van der Waals surface area contributed by atoms with E-state index in [9.17, 15) is 39.9 Å². The lowest BCUT2D eigenvalue weighted by molar-refractivity contribution is -0.169. The van der Waals surface area contributed by atoms with Crippen LogP contribution >= 0.6 is 11.3 Å². The summed E-state index contributed by atoms with van der Waals surface area (Å²) in [6.45, 7) is 5.41. The minimum atomic E-state index is -2.95. The second kappa shape index (κ2) is 9.13. The zero-order chi connectivity index (χ0) is 29.6. The van der Waals surface area contributed by atoms with E-state index in [0.29, 0.717) is 10.7 Å². The SMILES string of the molecule is Cc1nc(Nc2ccc3c(c2O)C(O)=C2C(=O)[C@]4(O)C(O)=C(C(N)=O)C(=O)[C@@H](N(C)C)C4C(O)C2[C@H]3C)sc1C. The van der Waals surface area contributed by atoms with Gasteiger partial charge in [0.15, 0.2) is 16.5 Å². The van der Waals surface area contributed by atoms with E-state index < -0.39 is 81.4 Å². The molecule has 3 unspecified atom stereocenters. The van der Waals surface area contributed by atoms with Gasteiger partial charge < -0.3 is 36.6 Å². The van der Waals surface area contributed by atoms with Crippen LogP contribution in [0.2, 0.25) is 0 Å². The van der Waals surface area contributed by atoms with Gasteiger partial charge in [0, 0.05) is 16.4 Å². The number of benzene rings is 1. The minimum absolute atomic E-state index is 0.0917. The first-order chi connectivity index (χ1) is 18.6. The first-order valence-corrected chi connectivity index (χ1v) is 13.4. The maximum atomic E-state index is 14.0. The van der Waals surface area contributed by atoms with Crippen LogP contribution in [-0.4, -0.2) is 84.7 Å². The van der Waals surface area contributed by atoms with Gasteiger partial charge in [0.25, 0.3) is 5.91 Å². The smallest absolute Gasteiger partial charge is 0.255 e. The highest BCUT2D eigenvalue weighted by atomic mass is 32.1. The van der Waals surface area contributed by atoms with Crippen LogP contribution < -0.4 is 11.1 Å². The molecule has 0 bridgehead atoms. The number of aliphatic hydroxyl groups is 4. The number of Topliss-reactive ketones (excluding diaryl/α,β-unsaturated/α-hetero) is 2. The van der Waals surface area contributed by atoms with Gasteiger partial charge in [-0.25, -0.2) is 4.98 Å². The molecule has 13 heteroatoms. The van der Waals surface area contributed by atoms with Crippen molar-refractivity contribution < 1.29 is 39.9 Å². The summed E-state index contributed by atoms with van der Waals surface area (Å²) in [5.41, 5.74) is 2.31. The number of aliphatic hydroxyl groups excluding tert-OH is 3. The largest absolute Gasteiger partial charge is 0.508 e. The van der Waals surface area contributed by atoms with Crippen LogP contribution in [0.4, 0.5) is 10.8 Å². The van der Waals surface area contributed by atoms with E-state index in [-0.39, 0.29) is 11.3 Å². The topological polar surface area (TPSA) is 207 Å². The second-order valence-corrected chi connectivity index (χ2v) is 12.0. The fourth-order valence-electron chi connectivity index (χ4n) is 6.36. The third-order valence-corrected chi connectivity index (χ3v) is 9.39. The van der Waals surface area contributed by atoms with Crippen molar-refractivity contribution in [3.8, 4) is 5.75 Å². The van der Waals surface area contributed by atoms with Crippen molar-refractivity contribution in [2.45, 2.75) is 44.4 Å². The van der Waals surface area contributed by atoms with Gasteiger partial charge in [-0.15, -0.1) is 11.3 Å². The normalized spacial score (nSPS) is 29.9. The maximum Gasteiger partial charge on any atom is 0.255 e. The summed E-state index contributed by atoms with van der Waals surface area (Å²) in [5, 5.41) is 60.6. The van der Waals surface area contributed by atoms with Crippen LogP contribution in [0.5, 0.6) is 5.75 Å². The van der Waals surface area contributed by atoms with Crippen LogP contribution in [-0.2, 0) is 14.4 Å². The molecule has 12 nitrogen and oxygen atoms in total. The molecule has 5 rings (SSSR count). The fourth-order valence-corrected chi connectivity index (χ4v) is 7.19. The molecular weight excluding hydrogens is 540 g/mol. The number of carbonyl (C=O) groups excluding carboxylic acids is 3. The Morgan fingerprint density at radius 3 is 2.38 bits per heavy atom. The van der Waals surface area contributed by atoms with Crippen molar-refractivity contribution in [2.75, 3.05) is 19.4 Å². The van der Waals surface area contributed by atoms with E-state index in [2.05, 4.69) is 10.3 Å². The number of primary amides is 1. The second-order valence-electron chi connectivity index (χ2n) is 10.8. The van der Waals surface area contributed by atoms with Crippen LogP contribution in [0.25, 0.3) is 5.76 Å². The summed E-state index contributed by atoms with van der Waals surface area (Å²) in [6.07, 6.45) is -1.64. The molecule has 0 radical (unpaired) electrons. The summed E-state index contributed by atoms with van der Waals surface area (Å²) in [6, 6.07) is 1.83. The molecule has 3 aliphatic carbocycles. The van der Waals surface area contributed by atoms with Gasteiger partial charge in [0.2, 0.25) is 5.78 Å². The molecule has 1 amide bonds. The van der Waals surface area contributed by atoms with Crippen molar-refractivity contribution >= 4 is 45.4 Å². The average Bonchev–Trinajstić information content (AvgIpc) is 3.18. The molecule has 1 saturated carbocycles. The number of hydrogen-bond acceptors (Lipinski definition) is 12. The van der Waals surface area contributed by atoms with E-state index in [1.54, 1.807) is 19.1 Å². The first-order valence-electron chi connectivity index (χ1n) is 12.5. The number of amides is 1. The Morgan fingerprint density at radius 2 is 1.82 bits per heavy atom. The Kier molecular flexibility index (Phi) is 6.34. The lowest BCUT2D eigenvalue weighted by Gasteiger charge is -2.53. The zero-order valence-corrected chi connectivity index (χ0v) is 23.2. The number of anilines is 2. The number of nitrogens with one attached hydrogen (secondary N) is 1. The quantitative estimate of drug-likeness (QED) is 0.206. The molecule has 2 aromatic rings. The average molecular weight is 571 g/mol. The molecule has 1 fully saturated rings. The molecule has 8 N–H and O–H groups in total. The van der Waals surface area contributed by atoms with E-state index in [1.165, 1.54) is 30.3 Å². The van der Waals surface area contributed by atoms with Gasteiger partial charge in [0.05, 0.1) is 35.0 Å². The zero-order valence-electron chi connectivity index (χ0n) is 22.4. The van der Waals surface area contributed by atoms with Gasteiger partial charge in [-0.05, 0) is 45.5 Å². The lowest BCUT2D eigenvalue weighted by Crippen LogP contribution is -2.70. The number of phenolic OH excluding ortho intramolecular Hbond substituents is 1. The van der Waals surface area contributed by atoms with Crippen LogP contribution in [0, 0.1) is 25.7 Å². The number of carbonyl (C=O) groups is 3. The van der Waals surface area contributed by atoms with E-state index >= 15 is 0 Å². The van der Waals surface area contributed by atoms with E-state index in [0.717, 1.165) is 10.6 Å². The highest BCUT2D eigenvalue weighted by Crippen LogP contribution is 2.56. The number of nitrogens with two attached hydrogens (primary N) is 1. The molecule has 0 aliphatic heterocycles. The van der Waals surface area contributed by atoms with Crippen molar-refractivity contribution in [2.24, 2.45) is 17.6 Å². The molecule has 40 heavy (non-hydrogen) atoms. The van der Waals surface area contributed by atoms with Gasteiger partial charge >= 0.3 is 0 Å². The van der Waals surface area contributed by atoms with Crippen molar-refractivity contribution in [3.05, 3.63) is 50.7 Å². The number of rotatable bonds is 4. The lowest BCUT2D eigenvalue weighted by atomic mass is 9.54. The van der Waals surface area contributed by atoms with Crippen LogP contribution in [0.3, 0.4) is 0 Å². The number of aromatic hydroxyl groups is 1. The summed E-state index contributed by atoms with van der Waals surface area (Å²) in [5.74, 6) is -9.27. The molecule has 3 aliphatic rings. The first kappa shape index (κ1) is 27.8. The number of hydrogen-bond donors (Lipinski definition) is 7. The van der Waals surface area contributed by atoms with Gasteiger partial charge in [-0.3, -0.25) is 19.3 Å². The number of aromatic nitrogens is 1. The predicted molar refractivity (Wildman–Crippen MR) is 145 cm³/mol. The highest BCUT2D eigenvalue weighted by molar-refractivity contribution is 7.15. The molecule has 0 saturated heterocycles. The number of ketones is 2. The third-order valence-electron chi connectivity index (χ3n) is 8.40. The van der Waals surface area contributed by atoms with E-state index in [1.807, 2.05) is 13.8 Å². The number of likely N-dealkylation sites (N-methyl/N-ethyl adjacent to an activating group) is 1. The molecule has 6 atom stereocenters. The Labute approximate surface area is 233 Å². The number of phenols is 1. The van der Waals surface area contributed by atoms with Gasteiger partial charge in [-0.1, -0.05) is 13.0 Å². The molecule has 1 aromatic heterocycles. The van der Waals surface area contributed by atoms with E-state index in [4.69, 9.17) is 5.73 Å². The molecule has 212 valence electrons. The Balaban J connectivity index is 1.72. The minimum Gasteiger partial charge on any atom is -0.508 e. The third kappa shape index (κ3) is 3.54. The monoisotopic (exact) mass is 570 g/mol. The standard InChI is InChI=1S/C27H30N4O8S/c1-8-11-6-7-12(30-26-29-9(2)10(3)40-26)19(32)14(11)20(33)15-13(8)21(34)17-18(31(4)5)22(35)16(25(28)38)24(37)27(17,39)23(15)36/h6-8,13,17-18,21,32-34,37,39H,1-5H3,(H2,28,38)(H,29,30)/t8-,13?,17?,18-,21?,27-/m0/s1. The van der Waals surface area contributed by atoms with Crippen LogP contribution in [0.15, 0.2) is 29.0 Å². The number of fused-ring (bicyclic) bond motifs is 3. The Bertz CT molecular complexity index is 1540. The van der Waals surface area contributed by atoms with Crippen LogP contribution in [0.1, 0.15) is 34.5 Å². The number of thiazole rings is 1. The van der Waals surface area contributed by atoms with Crippen molar-refractivity contribution in [1.82, 2.24) is 9.88 Å². The number of aryl methyl sites for hydroxylation is 2. The Hall–Kier alpha value is -3.78. The summed E-state index contributed by atoms with van der Waals surface area (Å²) < 4.78 is 0. The molecule has 0 spiro atoms. The van der Waals surface area contributed by atoms with Gasteiger partial charge in [-0.2, -0.15) is 0 Å². The van der Waals surface area contributed by atoms with Gasteiger partial charge in [0.1, 0.15) is 22.8 Å². The Morgan fingerprint density at radius 1 is 1.18 bits per heavy atom. The molecular formula is C27H30N4O8S. The highest BCUT2D eigenvalue weighted by Gasteiger charge is 2.68. The summed E-state index contributed by atoms with van der Waals surface area (Å²) >= 11 is 1.36. The fraction of sp³-hybridized carbons (Fsp3) is 0.407. The maximum absolute atomic E-state index is 14.0. The summed E-state index contributed by atoms with van der Waals surface area (Å²) in [7, 11) is 2.92. The molecule has 1 aromatic carbocycles. The van der Waals surface area contributed by atoms with Crippen molar-refractivity contribution in [1.29, 1.82) is 0 Å².